The van der Waals surface area contributed by atoms with Crippen molar-refractivity contribution < 1.29 is 0 Å². The smallest absolute Gasteiger partial charge is 0.0567 e. The topological polar surface area (TPSA) is 29.3 Å². The number of nitrogens with two attached hydrogens (primary N) is 1. The van der Waals surface area contributed by atoms with Crippen molar-refractivity contribution in [2.24, 2.45) is 5.73 Å². The Morgan fingerprint density at radius 2 is 1.77 bits per heavy atom. The van der Waals surface area contributed by atoms with Crippen LogP contribution in [-0.2, 0) is 0 Å². The van der Waals surface area contributed by atoms with Gasteiger partial charge in [-0.2, -0.15) is 0 Å². The molecule has 1 heterocycles. The zero-order valence-corrected chi connectivity index (χ0v) is 15.1. The van der Waals surface area contributed by atoms with Crippen LogP contribution in [0.2, 0.25) is 5.02 Å². The number of hydrogen-bond donors (Lipinski definition) is 1. The van der Waals surface area contributed by atoms with E-state index in [2.05, 4.69) is 49.1 Å². The first-order chi connectivity index (χ1) is 9.94. The van der Waals surface area contributed by atoms with Crippen LogP contribution in [0, 0.1) is 0 Å². The van der Waals surface area contributed by atoms with Crippen LogP contribution in [0.4, 0.5) is 11.4 Å². The van der Waals surface area contributed by atoms with E-state index in [1.165, 1.54) is 21.2 Å². The number of anilines is 2. The molecule has 0 fully saturated rings. The molecule has 118 valence electrons. The lowest BCUT2D eigenvalue weighted by molar-refractivity contribution is 0.481. The highest BCUT2D eigenvalue weighted by atomic mass is 35.5. The maximum absolute atomic E-state index is 6.20. The van der Waals surface area contributed by atoms with Gasteiger partial charge in [-0.25, -0.2) is 0 Å². The van der Waals surface area contributed by atoms with Crippen LogP contribution in [-0.4, -0.2) is 12.1 Å². The minimum Gasteiger partial charge on any atom is -0.340 e. The maximum Gasteiger partial charge on any atom is 0.0567 e. The van der Waals surface area contributed by atoms with Crippen LogP contribution in [0.3, 0.4) is 0 Å². The fourth-order valence-corrected chi connectivity index (χ4v) is 3.69. The van der Waals surface area contributed by atoms with Gasteiger partial charge >= 0.3 is 0 Å². The molecule has 0 saturated carbocycles. The van der Waals surface area contributed by atoms with E-state index in [1.807, 2.05) is 12.1 Å². The predicted octanol–water partition coefficient (Wildman–Crippen LogP) is 5.49. The molecular weight excluding hydrogens is 335 g/mol. The molecule has 1 aliphatic heterocycles. The van der Waals surface area contributed by atoms with Gasteiger partial charge in [0.25, 0.3) is 0 Å². The van der Waals surface area contributed by atoms with Crippen molar-refractivity contribution in [3.05, 3.63) is 47.5 Å². The van der Waals surface area contributed by atoms with Gasteiger partial charge in [-0.3, -0.25) is 0 Å². The molecule has 0 amide bonds. The second-order valence-corrected chi connectivity index (χ2v) is 7.59. The van der Waals surface area contributed by atoms with Gasteiger partial charge in [0, 0.05) is 26.9 Å². The van der Waals surface area contributed by atoms with Gasteiger partial charge in [0.15, 0.2) is 0 Å². The van der Waals surface area contributed by atoms with Crippen molar-refractivity contribution in [2.75, 3.05) is 11.4 Å². The predicted molar refractivity (Wildman–Crippen MR) is 99.2 cm³/mol. The fraction of sp³-hybridized carbons (Fsp3) is 0.294. The minimum absolute atomic E-state index is 0. The summed E-state index contributed by atoms with van der Waals surface area (Å²) in [6.07, 6.45) is 0.915. The number of benzene rings is 2. The second kappa shape index (κ2) is 6.71. The van der Waals surface area contributed by atoms with Gasteiger partial charge in [-0.05, 0) is 50.6 Å². The summed E-state index contributed by atoms with van der Waals surface area (Å²) < 4.78 is 0. The third kappa shape index (κ3) is 3.72. The van der Waals surface area contributed by atoms with Crippen LogP contribution in [0.5, 0.6) is 0 Å². The molecule has 0 bridgehead atoms. The third-order valence-electron chi connectivity index (χ3n) is 3.57. The second-order valence-electron chi connectivity index (χ2n) is 6.07. The van der Waals surface area contributed by atoms with Gasteiger partial charge in [-0.15, -0.1) is 12.4 Å². The Balaban J connectivity index is 0.00000176. The highest BCUT2D eigenvalue weighted by molar-refractivity contribution is 7.99. The number of nitrogens with zero attached hydrogens (tertiary/aromatic N) is 1. The van der Waals surface area contributed by atoms with Crippen molar-refractivity contribution >= 4 is 47.1 Å². The van der Waals surface area contributed by atoms with E-state index in [4.69, 9.17) is 17.3 Å². The molecule has 2 aromatic carbocycles. The number of fused-ring (bicyclic) bond motifs is 2. The Kier molecular flexibility index (Phi) is 5.33. The Morgan fingerprint density at radius 3 is 2.50 bits per heavy atom. The van der Waals surface area contributed by atoms with E-state index in [0.717, 1.165) is 18.0 Å². The minimum atomic E-state index is -0.182. The van der Waals surface area contributed by atoms with E-state index >= 15 is 0 Å². The normalized spacial score (nSPS) is 13.2. The zero-order valence-electron chi connectivity index (χ0n) is 12.7. The summed E-state index contributed by atoms with van der Waals surface area (Å²) in [4.78, 5) is 4.86. The first-order valence-electron chi connectivity index (χ1n) is 7.07. The fourth-order valence-electron chi connectivity index (χ4n) is 2.44. The van der Waals surface area contributed by atoms with Crippen LogP contribution >= 0.6 is 35.8 Å². The van der Waals surface area contributed by atoms with Crippen LogP contribution in [0.25, 0.3) is 0 Å². The lowest BCUT2D eigenvalue weighted by Gasteiger charge is -2.34. The summed E-state index contributed by atoms with van der Waals surface area (Å²) in [5, 5.41) is 0.769. The lowest BCUT2D eigenvalue weighted by atomic mass is 10.0. The molecule has 1 aliphatic rings. The van der Waals surface area contributed by atoms with Crippen molar-refractivity contribution in [1.29, 1.82) is 0 Å². The molecule has 22 heavy (non-hydrogen) atoms. The van der Waals surface area contributed by atoms with Gasteiger partial charge < -0.3 is 10.6 Å². The summed E-state index contributed by atoms with van der Waals surface area (Å²) in [5.74, 6) is 0. The average Bonchev–Trinajstić information content (AvgIpc) is 2.43. The first-order valence-corrected chi connectivity index (χ1v) is 8.26. The third-order valence-corrected chi connectivity index (χ3v) is 4.93. The Morgan fingerprint density at radius 1 is 1.09 bits per heavy atom. The SMILES string of the molecule is CC(C)(N)CCN1c2ccccc2Sc2ccc(Cl)cc21.Cl. The van der Waals surface area contributed by atoms with E-state index < -0.39 is 0 Å². The number of hydrogen-bond acceptors (Lipinski definition) is 3. The molecule has 0 aliphatic carbocycles. The van der Waals surface area contributed by atoms with E-state index in [0.29, 0.717) is 0 Å². The van der Waals surface area contributed by atoms with Crippen molar-refractivity contribution in [2.45, 2.75) is 35.6 Å². The Hall–Kier alpha value is -0.870. The van der Waals surface area contributed by atoms with Gasteiger partial charge in [0.2, 0.25) is 0 Å². The quantitative estimate of drug-likeness (QED) is 0.789. The van der Waals surface area contributed by atoms with Crippen molar-refractivity contribution in [3.63, 3.8) is 0 Å². The highest BCUT2D eigenvalue weighted by Gasteiger charge is 2.24. The molecule has 0 saturated heterocycles. The molecule has 0 unspecified atom stereocenters. The number of rotatable bonds is 3. The summed E-state index contributed by atoms with van der Waals surface area (Å²) in [6, 6.07) is 14.6. The number of para-hydroxylation sites is 1. The van der Waals surface area contributed by atoms with Gasteiger partial charge in [0.05, 0.1) is 11.4 Å². The maximum atomic E-state index is 6.20. The lowest BCUT2D eigenvalue weighted by Crippen LogP contribution is -2.36. The summed E-state index contributed by atoms with van der Waals surface area (Å²) in [5.41, 5.74) is 8.40. The molecular formula is C17H20Cl2N2S. The molecule has 2 N–H and O–H groups in total. The van der Waals surface area contributed by atoms with Crippen LogP contribution in [0.1, 0.15) is 20.3 Å². The summed E-state index contributed by atoms with van der Waals surface area (Å²) in [7, 11) is 0. The molecule has 0 atom stereocenters. The Labute approximate surface area is 147 Å². The number of halogens is 2. The molecule has 0 aromatic heterocycles. The van der Waals surface area contributed by atoms with E-state index in [9.17, 15) is 0 Å². The molecule has 0 radical (unpaired) electrons. The molecule has 2 aromatic rings. The highest BCUT2D eigenvalue weighted by Crippen LogP contribution is 2.48. The zero-order chi connectivity index (χ0) is 15.0. The molecule has 2 nitrogen and oxygen atoms in total. The largest absolute Gasteiger partial charge is 0.340 e. The first kappa shape index (κ1) is 17.5. The van der Waals surface area contributed by atoms with Crippen LogP contribution < -0.4 is 10.6 Å². The standard InChI is InChI=1S/C17H19ClN2S.ClH/c1-17(2,19)9-10-20-13-5-3-4-6-15(13)21-16-8-7-12(18)11-14(16)20;/h3-8,11H,9-10,19H2,1-2H3;1H. The van der Waals surface area contributed by atoms with E-state index in [-0.39, 0.29) is 17.9 Å². The average molecular weight is 355 g/mol. The van der Waals surface area contributed by atoms with Crippen molar-refractivity contribution in [1.82, 2.24) is 0 Å². The van der Waals surface area contributed by atoms with Gasteiger partial charge in [-0.1, -0.05) is 35.5 Å². The van der Waals surface area contributed by atoms with Gasteiger partial charge in [0.1, 0.15) is 0 Å². The van der Waals surface area contributed by atoms with Crippen LogP contribution in [0.15, 0.2) is 52.3 Å². The molecule has 3 rings (SSSR count). The van der Waals surface area contributed by atoms with Crippen molar-refractivity contribution in [3.8, 4) is 0 Å². The monoisotopic (exact) mass is 354 g/mol. The molecule has 5 heteroatoms. The summed E-state index contributed by atoms with van der Waals surface area (Å²) in [6.45, 7) is 5.02. The Bertz CT molecular complexity index is 668. The van der Waals surface area contributed by atoms with E-state index in [1.54, 1.807) is 11.8 Å². The molecule has 0 spiro atoms. The summed E-state index contributed by atoms with van der Waals surface area (Å²) >= 11 is 8.00.